The normalized spacial score (nSPS) is 23.9. The van der Waals surface area contributed by atoms with E-state index in [-0.39, 0.29) is 23.8 Å². The van der Waals surface area contributed by atoms with Crippen LogP contribution in [0.1, 0.15) is 44.2 Å². The number of aliphatic carboxylic acids is 1. The van der Waals surface area contributed by atoms with E-state index in [1.54, 1.807) is 12.4 Å². The molecule has 1 amide bonds. The molecule has 2 rings (SSSR count). The Bertz CT molecular complexity index is 475. The number of amides is 1. The van der Waals surface area contributed by atoms with Gasteiger partial charge in [-0.15, -0.1) is 0 Å². The molecule has 1 heterocycles. The third kappa shape index (κ3) is 3.56. The number of pyridine rings is 1. The number of carbonyl (C=O) groups is 2. The smallest absolute Gasteiger partial charge is 0.306 e. The molecule has 2 N–H and O–H groups in total. The number of hydrogen-bond donors (Lipinski definition) is 2. The first-order valence-corrected chi connectivity index (χ1v) is 7.01. The molecular formula is C15H20N2O3. The van der Waals surface area contributed by atoms with Crippen molar-refractivity contribution in [3.8, 4) is 0 Å². The van der Waals surface area contributed by atoms with E-state index in [1.165, 1.54) is 0 Å². The summed E-state index contributed by atoms with van der Waals surface area (Å²) in [6, 6.07) is 3.64. The van der Waals surface area contributed by atoms with Gasteiger partial charge in [0.05, 0.1) is 12.0 Å². The highest BCUT2D eigenvalue weighted by Gasteiger charge is 2.31. The van der Waals surface area contributed by atoms with Crippen molar-refractivity contribution in [3.63, 3.8) is 0 Å². The van der Waals surface area contributed by atoms with E-state index in [0.717, 1.165) is 18.4 Å². The predicted molar refractivity (Wildman–Crippen MR) is 73.9 cm³/mol. The van der Waals surface area contributed by atoms with Gasteiger partial charge in [-0.3, -0.25) is 14.6 Å². The summed E-state index contributed by atoms with van der Waals surface area (Å²) in [5.41, 5.74) is 0.950. The fourth-order valence-electron chi connectivity index (χ4n) is 2.70. The number of carboxylic acids is 1. The lowest BCUT2D eigenvalue weighted by Gasteiger charge is -2.27. The molecule has 1 aromatic rings. The molecule has 0 spiro atoms. The molecule has 0 saturated heterocycles. The molecule has 0 bridgehead atoms. The molecule has 108 valence electrons. The Kier molecular flexibility index (Phi) is 4.71. The van der Waals surface area contributed by atoms with E-state index >= 15 is 0 Å². The Balaban J connectivity index is 1.93. The Morgan fingerprint density at radius 3 is 2.80 bits per heavy atom. The predicted octanol–water partition coefficient (Wildman–Crippen LogP) is 2.15. The maximum atomic E-state index is 12.2. The molecule has 1 saturated carbocycles. The zero-order chi connectivity index (χ0) is 14.5. The van der Waals surface area contributed by atoms with Crippen LogP contribution >= 0.6 is 0 Å². The summed E-state index contributed by atoms with van der Waals surface area (Å²) in [4.78, 5) is 27.3. The zero-order valence-electron chi connectivity index (χ0n) is 11.6. The van der Waals surface area contributed by atoms with Gasteiger partial charge >= 0.3 is 5.97 Å². The van der Waals surface area contributed by atoms with Crippen LogP contribution in [0.5, 0.6) is 0 Å². The maximum Gasteiger partial charge on any atom is 0.306 e. The van der Waals surface area contributed by atoms with Crippen LogP contribution in [0, 0.1) is 11.8 Å². The number of carbonyl (C=O) groups excluding carboxylic acids is 1. The average Bonchev–Trinajstić information content (AvgIpc) is 2.48. The number of nitrogens with zero attached hydrogens (tertiary/aromatic N) is 1. The minimum Gasteiger partial charge on any atom is -0.481 e. The van der Waals surface area contributed by atoms with Gasteiger partial charge in [-0.05, 0) is 37.8 Å². The summed E-state index contributed by atoms with van der Waals surface area (Å²) in [6.45, 7) is 1.91. The summed E-state index contributed by atoms with van der Waals surface area (Å²) in [5.74, 6) is -1.41. The van der Waals surface area contributed by atoms with E-state index in [4.69, 9.17) is 5.11 Å². The Labute approximate surface area is 118 Å². The number of nitrogens with one attached hydrogen (secondary N) is 1. The molecule has 3 atom stereocenters. The zero-order valence-corrected chi connectivity index (χ0v) is 11.6. The summed E-state index contributed by atoms with van der Waals surface area (Å²) in [6.07, 6.45) is 6.12. The quantitative estimate of drug-likeness (QED) is 0.883. The number of rotatable bonds is 4. The van der Waals surface area contributed by atoms with Crippen molar-refractivity contribution < 1.29 is 14.7 Å². The molecular weight excluding hydrogens is 256 g/mol. The van der Waals surface area contributed by atoms with Crippen molar-refractivity contribution in [2.45, 2.75) is 38.6 Å². The highest BCUT2D eigenvalue weighted by atomic mass is 16.4. The van der Waals surface area contributed by atoms with Crippen molar-refractivity contribution in [1.82, 2.24) is 10.3 Å². The van der Waals surface area contributed by atoms with Gasteiger partial charge in [-0.25, -0.2) is 0 Å². The first kappa shape index (κ1) is 14.5. The van der Waals surface area contributed by atoms with E-state index in [1.807, 2.05) is 19.1 Å². The first-order valence-electron chi connectivity index (χ1n) is 7.01. The molecule has 1 aliphatic carbocycles. The number of hydrogen-bond acceptors (Lipinski definition) is 3. The van der Waals surface area contributed by atoms with Crippen LogP contribution in [-0.4, -0.2) is 22.0 Å². The Hall–Kier alpha value is -1.91. The molecule has 0 aliphatic heterocycles. The van der Waals surface area contributed by atoms with Crippen LogP contribution in [0.4, 0.5) is 0 Å². The minimum absolute atomic E-state index is 0.0488. The van der Waals surface area contributed by atoms with Gasteiger partial charge in [0.15, 0.2) is 0 Å². The van der Waals surface area contributed by atoms with Crippen molar-refractivity contribution in [3.05, 3.63) is 30.1 Å². The lowest BCUT2D eigenvalue weighted by molar-refractivity contribution is -0.144. The van der Waals surface area contributed by atoms with Crippen LogP contribution in [0.3, 0.4) is 0 Å². The molecule has 0 aromatic carbocycles. The van der Waals surface area contributed by atoms with Gasteiger partial charge in [-0.2, -0.15) is 0 Å². The maximum absolute atomic E-state index is 12.2. The van der Waals surface area contributed by atoms with E-state index < -0.39 is 5.97 Å². The molecule has 1 aromatic heterocycles. The average molecular weight is 276 g/mol. The molecule has 5 heteroatoms. The van der Waals surface area contributed by atoms with Crippen molar-refractivity contribution in [2.75, 3.05) is 0 Å². The molecule has 1 fully saturated rings. The topological polar surface area (TPSA) is 79.3 Å². The van der Waals surface area contributed by atoms with Gasteiger partial charge in [0.1, 0.15) is 0 Å². The van der Waals surface area contributed by atoms with Crippen molar-refractivity contribution >= 4 is 11.9 Å². The molecule has 20 heavy (non-hydrogen) atoms. The van der Waals surface area contributed by atoms with Crippen LogP contribution in [0.25, 0.3) is 0 Å². The SMILES string of the molecule is C[C@H](NC(=O)[C@@H]1CCC[C@H](C(=O)O)C1)c1cccnc1. The van der Waals surface area contributed by atoms with Crippen LogP contribution in [0.15, 0.2) is 24.5 Å². The molecule has 0 radical (unpaired) electrons. The first-order chi connectivity index (χ1) is 9.58. The highest BCUT2D eigenvalue weighted by molar-refractivity contribution is 5.80. The van der Waals surface area contributed by atoms with Crippen LogP contribution in [0.2, 0.25) is 0 Å². The summed E-state index contributed by atoms with van der Waals surface area (Å²) in [7, 11) is 0. The number of carboxylic acid groups (broad SMARTS) is 1. The monoisotopic (exact) mass is 276 g/mol. The largest absolute Gasteiger partial charge is 0.481 e. The number of aromatic nitrogens is 1. The standard InChI is InChI=1S/C15H20N2O3/c1-10(13-6-3-7-16-9-13)17-14(18)11-4-2-5-12(8-11)15(19)20/h3,6-7,9-12H,2,4-5,8H2,1H3,(H,17,18)(H,19,20)/t10-,11+,12-/m0/s1. The van der Waals surface area contributed by atoms with E-state index in [9.17, 15) is 9.59 Å². The van der Waals surface area contributed by atoms with E-state index in [0.29, 0.717) is 12.8 Å². The fourth-order valence-corrected chi connectivity index (χ4v) is 2.70. The Morgan fingerprint density at radius 2 is 2.15 bits per heavy atom. The second kappa shape index (κ2) is 6.50. The molecule has 5 nitrogen and oxygen atoms in total. The lowest BCUT2D eigenvalue weighted by Crippen LogP contribution is -2.36. The lowest BCUT2D eigenvalue weighted by atomic mass is 9.81. The summed E-state index contributed by atoms with van der Waals surface area (Å²) >= 11 is 0. The van der Waals surface area contributed by atoms with Crippen molar-refractivity contribution in [1.29, 1.82) is 0 Å². The fraction of sp³-hybridized carbons (Fsp3) is 0.533. The van der Waals surface area contributed by atoms with Crippen molar-refractivity contribution in [2.24, 2.45) is 11.8 Å². The van der Waals surface area contributed by atoms with Gasteiger partial charge in [0, 0.05) is 18.3 Å². The van der Waals surface area contributed by atoms with Crippen LogP contribution in [-0.2, 0) is 9.59 Å². The molecule has 0 unspecified atom stereocenters. The molecule has 1 aliphatic rings. The van der Waals surface area contributed by atoms with Gasteiger partial charge in [0.25, 0.3) is 0 Å². The van der Waals surface area contributed by atoms with Crippen LogP contribution < -0.4 is 5.32 Å². The minimum atomic E-state index is -0.789. The summed E-state index contributed by atoms with van der Waals surface area (Å²) in [5, 5.41) is 12.0. The van der Waals surface area contributed by atoms with Gasteiger partial charge in [0.2, 0.25) is 5.91 Å². The second-order valence-corrected chi connectivity index (χ2v) is 5.42. The highest BCUT2D eigenvalue weighted by Crippen LogP contribution is 2.29. The van der Waals surface area contributed by atoms with E-state index in [2.05, 4.69) is 10.3 Å². The van der Waals surface area contributed by atoms with Gasteiger partial charge in [-0.1, -0.05) is 12.5 Å². The Morgan fingerprint density at radius 1 is 1.40 bits per heavy atom. The third-order valence-corrected chi connectivity index (χ3v) is 3.94. The van der Waals surface area contributed by atoms with Gasteiger partial charge < -0.3 is 10.4 Å². The summed E-state index contributed by atoms with van der Waals surface area (Å²) < 4.78 is 0. The third-order valence-electron chi connectivity index (χ3n) is 3.94. The second-order valence-electron chi connectivity index (χ2n) is 5.42.